The molecular weight excluding hydrogens is 376 g/mol. The van der Waals surface area contributed by atoms with E-state index < -0.39 is 0 Å². The number of hydroxylamine groups is 1. The van der Waals surface area contributed by atoms with Crippen molar-refractivity contribution < 1.29 is 14.4 Å². The van der Waals surface area contributed by atoms with E-state index in [1.807, 2.05) is 30.4 Å². The summed E-state index contributed by atoms with van der Waals surface area (Å²) >= 11 is 0. The van der Waals surface area contributed by atoms with Gasteiger partial charge in [-0.05, 0) is 47.7 Å². The zero-order valence-electron chi connectivity index (χ0n) is 16.7. The van der Waals surface area contributed by atoms with Crippen LogP contribution >= 0.6 is 0 Å². The molecule has 0 saturated carbocycles. The first-order chi connectivity index (χ1) is 14.8. The third-order valence-corrected chi connectivity index (χ3v) is 4.93. The Hall–Kier alpha value is -3.28. The van der Waals surface area contributed by atoms with Gasteiger partial charge in [-0.15, -0.1) is 0 Å². The van der Waals surface area contributed by atoms with Crippen LogP contribution in [0.1, 0.15) is 40.9 Å². The fourth-order valence-corrected chi connectivity index (χ4v) is 3.26. The molecule has 1 saturated heterocycles. The molecule has 0 aliphatic carbocycles. The largest absolute Gasteiger partial charge is 0.350 e. The lowest BCUT2D eigenvalue weighted by Gasteiger charge is -2.22. The van der Waals surface area contributed by atoms with Crippen LogP contribution in [0.2, 0.25) is 0 Å². The molecule has 2 heterocycles. The normalized spacial score (nSPS) is 16.5. The quantitative estimate of drug-likeness (QED) is 0.584. The smallest absolute Gasteiger partial charge is 0.275 e. The van der Waals surface area contributed by atoms with Crippen molar-refractivity contribution in [3.8, 4) is 11.1 Å². The van der Waals surface area contributed by atoms with Gasteiger partial charge >= 0.3 is 0 Å². The Morgan fingerprint density at radius 2 is 1.80 bits per heavy atom. The van der Waals surface area contributed by atoms with Crippen molar-refractivity contribution in [1.82, 2.24) is 10.5 Å². The number of amides is 1. The van der Waals surface area contributed by atoms with E-state index >= 15 is 0 Å². The Kier molecular flexibility index (Phi) is 6.65. The molecular formula is C25H24N2O3. The Bertz CT molecular complexity index is 994. The average molecular weight is 400 g/mol. The van der Waals surface area contributed by atoms with Crippen LogP contribution in [0.15, 0.2) is 72.9 Å². The van der Waals surface area contributed by atoms with Gasteiger partial charge in [-0.1, -0.05) is 60.7 Å². The number of ether oxygens (including phenoxy) is 1. The predicted octanol–water partition coefficient (Wildman–Crippen LogP) is 5.11. The number of aromatic nitrogens is 1. The van der Waals surface area contributed by atoms with Gasteiger partial charge in [-0.25, -0.2) is 10.3 Å². The molecule has 0 bridgehead atoms. The summed E-state index contributed by atoms with van der Waals surface area (Å²) in [7, 11) is 0. The van der Waals surface area contributed by atoms with Gasteiger partial charge in [0.15, 0.2) is 6.29 Å². The Morgan fingerprint density at radius 3 is 2.57 bits per heavy atom. The van der Waals surface area contributed by atoms with Gasteiger partial charge in [-0.2, -0.15) is 0 Å². The van der Waals surface area contributed by atoms with E-state index in [9.17, 15) is 4.79 Å². The van der Waals surface area contributed by atoms with Gasteiger partial charge in [0, 0.05) is 24.8 Å². The van der Waals surface area contributed by atoms with Crippen molar-refractivity contribution in [3.63, 3.8) is 0 Å². The molecule has 5 nitrogen and oxygen atoms in total. The van der Waals surface area contributed by atoms with Crippen molar-refractivity contribution in [3.05, 3.63) is 89.7 Å². The molecule has 0 radical (unpaired) electrons. The number of carbonyl (C=O) groups excluding carboxylic acids is 1. The highest BCUT2D eigenvalue weighted by Crippen LogP contribution is 2.20. The highest BCUT2D eigenvalue weighted by Gasteiger charge is 2.16. The van der Waals surface area contributed by atoms with E-state index in [0.717, 1.165) is 24.8 Å². The number of pyridine rings is 1. The molecule has 1 aliphatic heterocycles. The molecule has 1 aromatic heterocycles. The lowest BCUT2D eigenvalue weighted by molar-refractivity contribution is -0.186. The number of carbonyl (C=O) groups is 1. The summed E-state index contributed by atoms with van der Waals surface area (Å²) in [6.45, 7) is 0.664. The van der Waals surface area contributed by atoms with Crippen LogP contribution in [0.4, 0.5) is 0 Å². The number of benzene rings is 2. The zero-order chi connectivity index (χ0) is 20.6. The molecule has 1 atom stereocenters. The maximum absolute atomic E-state index is 12.3. The minimum atomic E-state index is -0.372. The van der Waals surface area contributed by atoms with Crippen LogP contribution in [0.5, 0.6) is 0 Å². The summed E-state index contributed by atoms with van der Waals surface area (Å²) in [5, 5.41) is 0. The third kappa shape index (κ3) is 5.41. The van der Waals surface area contributed by atoms with E-state index in [2.05, 4.69) is 46.9 Å². The van der Waals surface area contributed by atoms with Gasteiger partial charge in [-0.3, -0.25) is 9.78 Å². The lowest BCUT2D eigenvalue weighted by atomic mass is 10.0. The number of nitrogens with one attached hydrogen (secondary N) is 1. The second kappa shape index (κ2) is 9.96. The standard InChI is InChI=1S/C25H24N2O3/c28-25(27-30-24-8-4-5-17-29-24)22-15-16-26-23(18-22)14-11-19-9-12-21(13-10-19)20-6-2-1-3-7-20/h1-3,6-7,9-16,18,24H,4-5,8,17H2,(H,27,28). The molecule has 1 aliphatic rings. The summed E-state index contributed by atoms with van der Waals surface area (Å²) in [5.74, 6) is -0.312. The number of hydrogen-bond donors (Lipinski definition) is 1. The number of nitrogens with zero attached hydrogens (tertiary/aromatic N) is 1. The molecule has 1 unspecified atom stereocenters. The average Bonchev–Trinajstić information content (AvgIpc) is 2.83. The van der Waals surface area contributed by atoms with E-state index in [1.54, 1.807) is 18.3 Å². The van der Waals surface area contributed by atoms with E-state index in [-0.39, 0.29) is 12.2 Å². The van der Waals surface area contributed by atoms with Crippen LogP contribution in [-0.4, -0.2) is 23.8 Å². The third-order valence-electron chi connectivity index (χ3n) is 4.93. The predicted molar refractivity (Wildman–Crippen MR) is 117 cm³/mol. The molecule has 4 rings (SSSR count). The Labute approximate surface area is 176 Å². The molecule has 0 spiro atoms. The van der Waals surface area contributed by atoms with E-state index in [1.165, 1.54) is 11.1 Å². The highest BCUT2D eigenvalue weighted by molar-refractivity contribution is 5.94. The van der Waals surface area contributed by atoms with Crippen LogP contribution in [0.3, 0.4) is 0 Å². The summed E-state index contributed by atoms with van der Waals surface area (Å²) in [5.41, 5.74) is 7.08. The van der Waals surface area contributed by atoms with Crippen molar-refractivity contribution >= 4 is 18.1 Å². The van der Waals surface area contributed by atoms with Crippen LogP contribution in [-0.2, 0) is 9.57 Å². The number of rotatable bonds is 6. The minimum absolute atomic E-state index is 0.312. The number of hydrogen-bond acceptors (Lipinski definition) is 4. The minimum Gasteiger partial charge on any atom is -0.350 e. The summed E-state index contributed by atoms with van der Waals surface area (Å²) < 4.78 is 5.45. The van der Waals surface area contributed by atoms with Crippen molar-refractivity contribution in [2.75, 3.05) is 6.61 Å². The van der Waals surface area contributed by atoms with Crippen LogP contribution in [0.25, 0.3) is 23.3 Å². The van der Waals surface area contributed by atoms with Crippen molar-refractivity contribution in [2.45, 2.75) is 25.6 Å². The summed E-state index contributed by atoms with van der Waals surface area (Å²) in [6.07, 6.45) is 7.96. The first kappa shape index (κ1) is 20.0. The molecule has 5 heteroatoms. The summed E-state index contributed by atoms with van der Waals surface area (Å²) in [4.78, 5) is 22.0. The first-order valence-corrected chi connectivity index (χ1v) is 10.2. The lowest BCUT2D eigenvalue weighted by Crippen LogP contribution is -2.33. The topological polar surface area (TPSA) is 60.5 Å². The van der Waals surface area contributed by atoms with Gasteiger partial charge in [0.05, 0.1) is 5.69 Å². The highest BCUT2D eigenvalue weighted by atomic mass is 16.8. The van der Waals surface area contributed by atoms with Crippen molar-refractivity contribution in [1.29, 1.82) is 0 Å². The fraction of sp³-hybridized carbons (Fsp3) is 0.200. The van der Waals surface area contributed by atoms with Crippen molar-refractivity contribution in [2.24, 2.45) is 0 Å². The molecule has 30 heavy (non-hydrogen) atoms. The second-order valence-electron chi connectivity index (χ2n) is 7.14. The van der Waals surface area contributed by atoms with E-state index in [4.69, 9.17) is 9.57 Å². The molecule has 1 fully saturated rings. The molecule has 3 aromatic rings. The van der Waals surface area contributed by atoms with Crippen LogP contribution < -0.4 is 5.48 Å². The molecule has 1 amide bonds. The van der Waals surface area contributed by atoms with Gasteiger partial charge in [0.25, 0.3) is 5.91 Å². The summed E-state index contributed by atoms with van der Waals surface area (Å²) in [6, 6.07) is 22.0. The van der Waals surface area contributed by atoms with Crippen LogP contribution in [0, 0.1) is 0 Å². The maximum atomic E-state index is 12.3. The van der Waals surface area contributed by atoms with Gasteiger partial charge in [0.2, 0.25) is 0 Å². The first-order valence-electron chi connectivity index (χ1n) is 10.2. The second-order valence-corrected chi connectivity index (χ2v) is 7.14. The molecule has 1 N–H and O–H groups in total. The van der Waals surface area contributed by atoms with Gasteiger partial charge in [0.1, 0.15) is 0 Å². The fourth-order valence-electron chi connectivity index (χ4n) is 3.26. The zero-order valence-corrected chi connectivity index (χ0v) is 16.7. The maximum Gasteiger partial charge on any atom is 0.275 e. The Morgan fingerprint density at radius 1 is 1.00 bits per heavy atom. The molecule has 2 aromatic carbocycles. The molecule has 152 valence electrons. The SMILES string of the molecule is O=C(NOC1CCCCO1)c1ccnc(C=Cc2ccc(-c3ccccc3)cc2)c1. The van der Waals surface area contributed by atoms with E-state index in [0.29, 0.717) is 17.9 Å². The monoisotopic (exact) mass is 400 g/mol. The van der Waals surface area contributed by atoms with Gasteiger partial charge < -0.3 is 4.74 Å². The Balaban J connectivity index is 1.37.